The number of aromatic nitrogens is 2. The molecule has 0 aliphatic carbocycles. The van der Waals surface area contributed by atoms with Crippen LogP contribution in [-0.2, 0) is 22.2 Å². The molecule has 0 atom stereocenters. The first-order chi connectivity index (χ1) is 13.7. The number of furan rings is 1. The molecule has 3 rings (SSSR count). The van der Waals surface area contributed by atoms with Crippen molar-refractivity contribution in [3.05, 3.63) is 48.0 Å². The molecule has 0 saturated carbocycles. The maximum absolute atomic E-state index is 13.0. The molecule has 1 aromatic carbocycles. The summed E-state index contributed by atoms with van der Waals surface area (Å²) in [6, 6.07) is 5.94. The summed E-state index contributed by atoms with van der Waals surface area (Å²) in [7, 11) is 0. The van der Waals surface area contributed by atoms with Gasteiger partial charge in [0.2, 0.25) is 23.5 Å². The summed E-state index contributed by atoms with van der Waals surface area (Å²) in [5.74, 6) is -0.299. The molecule has 2 N–H and O–H groups in total. The average Bonchev–Trinajstić information content (AvgIpc) is 3.31. The molecule has 152 valence electrons. The summed E-state index contributed by atoms with van der Waals surface area (Å²) < 4.78 is 49.0. The molecule has 3 aromatic rings. The number of anilines is 2. The Morgan fingerprint density at radius 1 is 1.14 bits per heavy atom. The highest BCUT2D eigenvalue weighted by Crippen LogP contribution is 2.34. The van der Waals surface area contributed by atoms with Crippen molar-refractivity contribution < 1.29 is 31.7 Å². The van der Waals surface area contributed by atoms with Crippen LogP contribution >= 0.6 is 0 Å². The first kappa shape index (κ1) is 20.1. The van der Waals surface area contributed by atoms with Gasteiger partial charge in [-0.2, -0.15) is 18.2 Å². The lowest BCUT2D eigenvalue weighted by Gasteiger charge is -2.14. The van der Waals surface area contributed by atoms with Crippen LogP contribution in [0, 0.1) is 0 Å². The zero-order chi connectivity index (χ0) is 21.0. The second kappa shape index (κ2) is 8.17. The van der Waals surface area contributed by atoms with E-state index in [1.165, 1.54) is 13.2 Å². The van der Waals surface area contributed by atoms with Gasteiger partial charge in [-0.1, -0.05) is 5.16 Å². The van der Waals surface area contributed by atoms with Crippen LogP contribution in [0.15, 0.2) is 45.5 Å². The van der Waals surface area contributed by atoms with Gasteiger partial charge in [0.25, 0.3) is 0 Å². The topological polar surface area (TPSA) is 110 Å². The maximum Gasteiger partial charge on any atom is 0.416 e. The Balaban J connectivity index is 1.68. The van der Waals surface area contributed by atoms with Gasteiger partial charge in [0.05, 0.1) is 23.2 Å². The van der Waals surface area contributed by atoms with Gasteiger partial charge in [0, 0.05) is 19.8 Å². The SMILES string of the molecule is CC(=O)Nc1ccc(C(F)(F)F)cc1NC(=O)CCc1nc(-c2ccco2)no1. The number of amides is 2. The Bertz CT molecular complexity index is 1010. The summed E-state index contributed by atoms with van der Waals surface area (Å²) >= 11 is 0. The number of hydrogen-bond acceptors (Lipinski definition) is 6. The van der Waals surface area contributed by atoms with Crippen LogP contribution in [0.1, 0.15) is 24.8 Å². The molecule has 0 spiro atoms. The van der Waals surface area contributed by atoms with Crippen molar-refractivity contribution in [2.75, 3.05) is 10.6 Å². The number of nitrogens with zero attached hydrogens (tertiary/aromatic N) is 2. The van der Waals surface area contributed by atoms with E-state index >= 15 is 0 Å². The van der Waals surface area contributed by atoms with Gasteiger partial charge in [0.15, 0.2) is 5.76 Å². The Hall–Kier alpha value is -3.63. The van der Waals surface area contributed by atoms with Gasteiger partial charge in [-0.05, 0) is 30.3 Å². The molecule has 0 aliphatic heterocycles. The predicted molar refractivity (Wildman–Crippen MR) is 94.7 cm³/mol. The largest absolute Gasteiger partial charge is 0.461 e. The number of carbonyl (C=O) groups is 2. The van der Waals surface area contributed by atoms with Crippen molar-refractivity contribution in [2.24, 2.45) is 0 Å². The first-order valence-electron chi connectivity index (χ1n) is 8.37. The van der Waals surface area contributed by atoms with E-state index in [9.17, 15) is 22.8 Å². The number of hydrogen-bond donors (Lipinski definition) is 2. The highest BCUT2D eigenvalue weighted by molar-refractivity contribution is 5.99. The fourth-order valence-corrected chi connectivity index (χ4v) is 2.42. The molecule has 0 unspecified atom stereocenters. The zero-order valence-corrected chi connectivity index (χ0v) is 15.0. The number of aryl methyl sites for hydroxylation is 1. The fourth-order valence-electron chi connectivity index (χ4n) is 2.42. The quantitative estimate of drug-likeness (QED) is 0.641. The van der Waals surface area contributed by atoms with E-state index in [2.05, 4.69) is 20.8 Å². The number of rotatable bonds is 6. The predicted octanol–water partition coefficient (Wildman–Crippen LogP) is 3.88. The third-order valence-electron chi connectivity index (χ3n) is 3.71. The van der Waals surface area contributed by atoms with Gasteiger partial charge in [-0.3, -0.25) is 9.59 Å². The molecule has 0 aliphatic rings. The normalized spacial score (nSPS) is 11.3. The Labute approximate surface area is 162 Å². The van der Waals surface area contributed by atoms with Crippen molar-refractivity contribution in [1.82, 2.24) is 10.1 Å². The zero-order valence-electron chi connectivity index (χ0n) is 15.0. The molecule has 2 aromatic heterocycles. The number of nitrogens with one attached hydrogen (secondary N) is 2. The van der Waals surface area contributed by atoms with E-state index in [1.807, 2.05) is 0 Å². The molecular weight excluding hydrogens is 393 g/mol. The van der Waals surface area contributed by atoms with Crippen LogP contribution in [0.2, 0.25) is 0 Å². The van der Waals surface area contributed by atoms with Crippen LogP contribution in [0.3, 0.4) is 0 Å². The molecule has 29 heavy (non-hydrogen) atoms. The lowest BCUT2D eigenvalue weighted by Crippen LogP contribution is -2.17. The number of benzene rings is 1. The van der Waals surface area contributed by atoms with Crippen molar-refractivity contribution >= 4 is 23.2 Å². The molecular formula is C18H15F3N4O4. The van der Waals surface area contributed by atoms with Crippen LogP contribution in [0.25, 0.3) is 11.6 Å². The minimum Gasteiger partial charge on any atom is -0.461 e. The molecule has 0 saturated heterocycles. The number of carbonyl (C=O) groups excluding carboxylic acids is 2. The fraction of sp³-hybridized carbons (Fsp3) is 0.222. The molecule has 0 bridgehead atoms. The van der Waals surface area contributed by atoms with Crippen molar-refractivity contribution in [2.45, 2.75) is 25.9 Å². The lowest BCUT2D eigenvalue weighted by molar-refractivity contribution is -0.137. The standard InChI is InChI=1S/C18H15F3N4O4/c1-10(26)22-12-5-4-11(18(19,20)21)9-13(12)23-15(27)6-7-16-24-17(25-29-16)14-3-2-8-28-14/h2-5,8-9H,6-7H2,1H3,(H,22,26)(H,23,27). The maximum atomic E-state index is 13.0. The number of alkyl halides is 3. The van der Waals surface area contributed by atoms with Gasteiger partial charge >= 0.3 is 6.18 Å². The highest BCUT2D eigenvalue weighted by Gasteiger charge is 2.31. The third-order valence-corrected chi connectivity index (χ3v) is 3.71. The van der Waals surface area contributed by atoms with E-state index in [0.717, 1.165) is 18.2 Å². The van der Waals surface area contributed by atoms with Crippen LogP contribution < -0.4 is 10.6 Å². The second-order valence-corrected chi connectivity index (χ2v) is 5.98. The minimum atomic E-state index is -4.60. The molecule has 8 nitrogen and oxygen atoms in total. The minimum absolute atomic E-state index is 0.0525. The lowest BCUT2D eigenvalue weighted by atomic mass is 10.1. The van der Waals surface area contributed by atoms with Gasteiger partial charge in [0.1, 0.15) is 0 Å². The Morgan fingerprint density at radius 3 is 2.59 bits per heavy atom. The summed E-state index contributed by atoms with van der Waals surface area (Å²) in [5, 5.41) is 8.47. The van der Waals surface area contributed by atoms with Crippen LogP contribution in [-0.4, -0.2) is 22.0 Å². The summed E-state index contributed by atoms with van der Waals surface area (Å²) in [4.78, 5) is 27.5. The van der Waals surface area contributed by atoms with E-state index < -0.39 is 23.6 Å². The van der Waals surface area contributed by atoms with E-state index in [-0.39, 0.29) is 35.9 Å². The van der Waals surface area contributed by atoms with E-state index in [4.69, 9.17) is 8.94 Å². The molecule has 11 heteroatoms. The number of halogens is 3. The van der Waals surface area contributed by atoms with Gasteiger partial charge < -0.3 is 19.6 Å². The van der Waals surface area contributed by atoms with Crippen molar-refractivity contribution in [3.63, 3.8) is 0 Å². The first-order valence-corrected chi connectivity index (χ1v) is 8.37. The molecule has 0 radical (unpaired) electrons. The summed E-state index contributed by atoms with van der Waals surface area (Å²) in [6.07, 6.45) is -3.22. The van der Waals surface area contributed by atoms with Crippen LogP contribution in [0.4, 0.5) is 24.5 Å². The smallest absolute Gasteiger partial charge is 0.416 e. The van der Waals surface area contributed by atoms with Gasteiger partial charge in [-0.25, -0.2) is 0 Å². The monoisotopic (exact) mass is 408 g/mol. The molecule has 2 heterocycles. The van der Waals surface area contributed by atoms with Crippen molar-refractivity contribution in [3.8, 4) is 11.6 Å². The van der Waals surface area contributed by atoms with Crippen molar-refractivity contribution in [1.29, 1.82) is 0 Å². The third kappa shape index (κ3) is 5.21. The molecule has 0 fully saturated rings. The van der Waals surface area contributed by atoms with Gasteiger partial charge in [-0.15, -0.1) is 0 Å². The van der Waals surface area contributed by atoms with E-state index in [0.29, 0.717) is 5.76 Å². The Morgan fingerprint density at radius 2 is 1.93 bits per heavy atom. The molecule has 2 amide bonds. The second-order valence-electron chi connectivity index (χ2n) is 5.98. The van der Waals surface area contributed by atoms with E-state index in [1.54, 1.807) is 12.1 Å². The average molecular weight is 408 g/mol. The van der Waals surface area contributed by atoms with Crippen LogP contribution in [0.5, 0.6) is 0 Å². The Kier molecular flexibility index (Phi) is 5.66. The summed E-state index contributed by atoms with van der Waals surface area (Å²) in [5.41, 5.74) is -1.07. The summed E-state index contributed by atoms with van der Waals surface area (Å²) in [6.45, 7) is 1.20. The highest BCUT2D eigenvalue weighted by atomic mass is 19.4.